The molecule has 1 aliphatic heterocycles. The van der Waals surface area contributed by atoms with Gasteiger partial charge in [0.1, 0.15) is 0 Å². The minimum absolute atomic E-state index is 0.0997. The summed E-state index contributed by atoms with van der Waals surface area (Å²) in [6, 6.07) is 6.06. The van der Waals surface area contributed by atoms with Crippen LogP contribution in [0.15, 0.2) is 18.2 Å². The van der Waals surface area contributed by atoms with Gasteiger partial charge in [-0.15, -0.1) is 0 Å². The molecular weight excluding hydrogens is 300 g/mol. The summed E-state index contributed by atoms with van der Waals surface area (Å²) in [5.74, 6) is 0.0997. The van der Waals surface area contributed by atoms with E-state index in [1.165, 1.54) is 0 Å². The van der Waals surface area contributed by atoms with E-state index in [1.807, 2.05) is 32.0 Å². The molecule has 1 heterocycles. The number of nitrogens with one attached hydrogen (secondary N) is 1. The largest absolute Gasteiger partial charge is 0.396 e. The van der Waals surface area contributed by atoms with Gasteiger partial charge in [0.15, 0.2) is 0 Å². The lowest BCUT2D eigenvalue weighted by Crippen LogP contribution is -2.42. The van der Waals surface area contributed by atoms with Crippen molar-refractivity contribution in [2.45, 2.75) is 52.9 Å². The van der Waals surface area contributed by atoms with Crippen LogP contribution in [0.2, 0.25) is 0 Å². The molecular formula is C20H32N2O2. The van der Waals surface area contributed by atoms with E-state index in [0.29, 0.717) is 13.0 Å². The van der Waals surface area contributed by atoms with Crippen LogP contribution in [0, 0.1) is 19.3 Å². The summed E-state index contributed by atoms with van der Waals surface area (Å²) in [6.45, 7) is 9.56. The fraction of sp³-hybridized carbons (Fsp3) is 0.650. The highest BCUT2D eigenvalue weighted by molar-refractivity contribution is 5.92. The Bertz CT molecular complexity index is 522. The van der Waals surface area contributed by atoms with Crippen LogP contribution in [0.5, 0.6) is 0 Å². The van der Waals surface area contributed by atoms with Crippen LogP contribution in [0.25, 0.3) is 0 Å². The van der Waals surface area contributed by atoms with Gasteiger partial charge in [-0.1, -0.05) is 25.1 Å². The molecule has 1 saturated heterocycles. The van der Waals surface area contributed by atoms with Gasteiger partial charge >= 0.3 is 0 Å². The Labute approximate surface area is 146 Å². The van der Waals surface area contributed by atoms with Gasteiger partial charge < -0.3 is 15.3 Å². The Hall–Kier alpha value is -1.39. The van der Waals surface area contributed by atoms with Crippen molar-refractivity contribution >= 4 is 11.6 Å². The molecule has 1 aromatic carbocycles. The first-order chi connectivity index (χ1) is 11.5. The first-order valence-corrected chi connectivity index (χ1v) is 9.19. The number of anilines is 1. The number of nitrogens with zero attached hydrogens (tertiary/aromatic N) is 1. The first kappa shape index (κ1) is 18.9. The molecule has 0 bridgehead atoms. The molecule has 0 aliphatic carbocycles. The Balaban J connectivity index is 1.72. The number of aryl methyl sites for hydroxylation is 2. The van der Waals surface area contributed by atoms with Gasteiger partial charge in [0.2, 0.25) is 5.91 Å². The molecule has 4 nitrogen and oxygen atoms in total. The number of para-hydroxylation sites is 1. The highest BCUT2D eigenvalue weighted by atomic mass is 16.3. The molecule has 0 radical (unpaired) electrons. The van der Waals surface area contributed by atoms with Gasteiger partial charge in [-0.05, 0) is 75.7 Å². The third-order valence-corrected chi connectivity index (χ3v) is 5.63. The zero-order chi connectivity index (χ0) is 17.6. The van der Waals surface area contributed by atoms with E-state index in [4.69, 9.17) is 0 Å². The van der Waals surface area contributed by atoms with Gasteiger partial charge in [-0.2, -0.15) is 0 Å². The molecule has 1 aromatic rings. The molecule has 2 rings (SSSR count). The third-order valence-electron chi connectivity index (χ3n) is 5.63. The van der Waals surface area contributed by atoms with Gasteiger partial charge in [-0.25, -0.2) is 0 Å². The van der Waals surface area contributed by atoms with Gasteiger partial charge in [0.05, 0.1) is 0 Å². The molecule has 1 fully saturated rings. The number of aliphatic hydroxyl groups excluding tert-OH is 1. The fourth-order valence-electron chi connectivity index (χ4n) is 3.55. The lowest BCUT2D eigenvalue weighted by molar-refractivity contribution is -0.116. The van der Waals surface area contributed by atoms with E-state index in [9.17, 15) is 9.90 Å². The number of piperidine rings is 1. The number of carbonyl (C=O) groups is 1. The molecule has 0 saturated carbocycles. The van der Waals surface area contributed by atoms with E-state index < -0.39 is 0 Å². The Morgan fingerprint density at radius 3 is 2.42 bits per heavy atom. The lowest BCUT2D eigenvalue weighted by atomic mass is 9.77. The molecule has 0 unspecified atom stereocenters. The van der Waals surface area contributed by atoms with Crippen molar-refractivity contribution in [3.63, 3.8) is 0 Å². The maximum absolute atomic E-state index is 12.2. The number of benzene rings is 1. The summed E-state index contributed by atoms with van der Waals surface area (Å²) < 4.78 is 0. The van der Waals surface area contributed by atoms with Crippen LogP contribution in [-0.4, -0.2) is 42.2 Å². The smallest absolute Gasteiger partial charge is 0.224 e. The molecule has 2 N–H and O–H groups in total. The molecule has 0 spiro atoms. The molecule has 134 valence electrons. The van der Waals surface area contributed by atoms with E-state index in [-0.39, 0.29) is 11.3 Å². The summed E-state index contributed by atoms with van der Waals surface area (Å²) in [5.41, 5.74) is 3.31. The molecule has 1 aliphatic rings. The van der Waals surface area contributed by atoms with Crippen LogP contribution in [0.1, 0.15) is 50.2 Å². The summed E-state index contributed by atoms with van der Waals surface area (Å²) in [6.07, 6.45) is 4.62. The van der Waals surface area contributed by atoms with E-state index in [1.54, 1.807) is 0 Å². The van der Waals surface area contributed by atoms with Crippen molar-refractivity contribution in [2.24, 2.45) is 5.41 Å². The zero-order valence-corrected chi connectivity index (χ0v) is 15.4. The topological polar surface area (TPSA) is 52.6 Å². The second-order valence-electron chi connectivity index (χ2n) is 7.27. The summed E-state index contributed by atoms with van der Waals surface area (Å²) in [7, 11) is 0. The third kappa shape index (κ3) is 4.81. The van der Waals surface area contributed by atoms with Crippen molar-refractivity contribution in [2.75, 3.05) is 31.6 Å². The minimum atomic E-state index is 0.0997. The fourth-order valence-corrected chi connectivity index (χ4v) is 3.55. The van der Waals surface area contributed by atoms with Gasteiger partial charge in [-0.3, -0.25) is 4.79 Å². The predicted molar refractivity (Wildman–Crippen MR) is 99.3 cm³/mol. The highest BCUT2D eigenvalue weighted by Gasteiger charge is 2.31. The lowest BCUT2D eigenvalue weighted by Gasteiger charge is -2.40. The van der Waals surface area contributed by atoms with E-state index in [2.05, 4.69) is 17.1 Å². The Morgan fingerprint density at radius 1 is 1.25 bits per heavy atom. The minimum Gasteiger partial charge on any atom is -0.396 e. The molecule has 4 heteroatoms. The van der Waals surface area contributed by atoms with Crippen LogP contribution >= 0.6 is 0 Å². The SMILES string of the molecule is CCC1(CO)CCN(CCCC(=O)Nc2c(C)cccc2C)CC1. The Morgan fingerprint density at radius 2 is 1.88 bits per heavy atom. The number of amides is 1. The average Bonchev–Trinajstić information content (AvgIpc) is 2.59. The zero-order valence-electron chi connectivity index (χ0n) is 15.4. The average molecular weight is 332 g/mol. The van der Waals surface area contributed by atoms with Crippen molar-refractivity contribution in [3.05, 3.63) is 29.3 Å². The predicted octanol–water partition coefficient (Wildman–Crippen LogP) is 3.51. The number of rotatable bonds is 7. The van der Waals surface area contributed by atoms with Crippen LogP contribution in [0.3, 0.4) is 0 Å². The van der Waals surface area contributed by atoms with Crippen LogP contribution in [0.4, 0.5) is 5.69 Å². The maximum Gasteiger partial charge on any atom is 0.224 e. The number of likely N-dealkylation sites (tertiary alicyclic amines) is 1. The molecule has 0 atom stereocenters. The number of aliphatic hydroxyl groups is 1. The van der Waals surface area contributed by atoms with E-state index >= 15 is 0 Å². The first-order valence-electron chi connectivity index (χ1n) is 9.19. The summed E-state index contributed by atoms with van der Waals surface area (Å²) in [5, 5.41) is 12.6. The van der Waals surface area contributed by atoms with Crippen molar-refractivity contribution < 1.29 is 9.90 Å². The normalized spacial score (nSPS) is 17.7. The van der Waals surface area contributed by atoms with Crippen molar-refractivity contribution in [1.29, 1.82) is 0 Å². The second kappa shape index (κ2) is 8.63. The summed E-state index contributed by atoms with van der Waals surface area (Å²) in [4.78, 5) is 14.6. The Kier molecular flexibility index (Phi) is 6.81. The second-order valence-corrected chi connectivity index (χ2v) is 7.27. The van der Waals surface area contributed by atoms with Crippen LogP contribution in [-0.2, 0) is 4.79 Å². The monoisotopic (exact) mass is 332 g/mol. The molecule has 24 heavy (non-hydrogen) atoms. The number of hydrogen-bond acceptors (Lipinski definition) is 3. The standard InChI is InChI=1S/C20H32N2O2/c1-4-20(15-23)10-13-22(14-11-20)12-6-9-18(24)21-19-16(2)7-5-8-17(19)3/h5,7-8,23H,4,6,9-15H2,1-3H3,(H,21,24). The molecule has 1 amide bonds. The quantitative estimate of drug-likeness (QED) is 0.803. The van der Waals surface area contributed by atoms with E-state index in [0.717, 1.165) is 62.1 Å². The highest BCUT2D eigenvalue weighted by Crippen LogP contribution is 2.34. The maximum atomic E-state index is 12.2. The van der Waals surface area contributed by atoms with Crippen molar-refractivity contribution in [3.8, 4) is 0 Å². The van der Waals surface area contributed by atoms with Crippen molar-refractivity contribution in [1.82, 2.24) is 4.90 Å². The van der Waals surface area contributed by atoms with Gasteiger partial charge in [0, 0.05) is 18.7 Å². The number of hydrogen-bond donors (Lipinski definition) is 2. The van der Waals surface area contributed by atoms with Crippen LogP contribution < -0.4 is 5.32 Å². The molecule has 0 aromatic heterocycles. The summed E-state index contributed by atoms with van der Waals surface area (Å²) >= 11 is 0. The van der Waals surface area contributed by atoms with Gasteiger partial charge in [0.25, 0.3) is 0 Å². The number of carbonyl (C=O) groups excluding carboxylic acids is 1.